The lowest BCUT2D eigenvalue weighted by atomic mass is 9.95. The molecule has 45 heavy (non-hydrogen) atoms. The fourth-order valence-electron chi connectivity index (χ4n) is 7.09. The van der Waals surface area contributed by atoms with Crippen LogP contribution in [0.15, 0.2) is 12.1 Å². The summed E-state index contributed by atoms with van der Waals surface area (Å²) in [6, 6.07) is 4.09. The lowest BCUT2D eigenvalue weighted by Crippen LogP contribution is -2.43. The van der Waals surface area contributed by atoms with Crippen LogP contribution >= 0.6 is 22.9 Å². The van der Waals surface area contributed by atoms with Crippen molar-refractivity contribution in [3.8, 4) is 29.0 Å². The minimum Gasteiger partial charge on any atom is -0.489 e. The molecule has 0 bridgehead atoms. The van der Waals surface area contributed by atoms with E-state index in [0.717, 1.165) is 30.7 Å². The molecule has 3 aliphatic rings. The minimum absolute atomic E-state index is 0.0130. The highest BCUT2D eigenvalue weighted by molar-refractivity contribution is 7.23. The Labute approximate surface area is 265 Å². The van der Waals surface area contributed by atoms with Gasteiger partial charge in [0.2, 0.25) is 0 Å². The number of halogens is 4. The second-order valence-corrected chi connectivity index (χ2v) is 13.6. The minimum atomic E-state index is -0.961. The second-order valence-electron chi connectivity index (χ2n) is 12.2. The number of nitrogens with zero attached hydrogens (tertiary/aromatic N) is 5. The molecule has 0 spiro atoms. The molecule has 0 radical (unpaired) electrons. The van der Waals surface area contributed by atoms with Crippen LogP contribution in [-0.4, -0.2) is 76.7 Å². The van der Waals surface area contributed by atoms with E-state index < -0.39 is 29.4 Å². The molecule has 2 aromatic heterocycles. The Balaban J connectivity index is 1.46. The van der Waals surface area contributed by atoms with Crippen LogP contribution in [0.3, 0.4) is 0 Å². The van der Waals surface area contributed by atoms with Crippen molar-refractivity contribution in [3.05, 3.63) is 34.4 Å². The molecular formula is C31H30ClF3N6O3S. The monoisotopic (exact) mass is 658 g/mol. The Bertz CT molecular complexity index is 1900. The molecule has 3 N–H and O–H groups in total. The highest BCUT2D eigenvalue weighted by atomic mass is 35.5. The normalized spacial score (nSPS) is 23.6. The third-order valence-corrected chi connectivity index (χ3v) is 10.5. The van der Waals surface area contributed by atoms with Gasteiger partial charge in [-0.3, -0.25) is 4.90 Å². The molecule has 2 aromatic carbocycles. The summed E-state index contributed by atoms with van der Waals surface area (Å²) in [4.78, 5) is 13.1. The summed E-state index contributed by atoms with van der Waals surface area (Å²) >= 11 is 7.84. The standard InChI is InChI=1S/C31H30ClF3N6O3S/c1-14-12-43-26-22-25(24(35)21(23(26)32)17-4-5-19(34)27-20(17)18(9-36)28(37)45-27)38-30(39-29(22)41(14)10-15(2)42)44-13-31-6-3-7-40(31)11-16(33)8-31/h4-5,14-16,42H,3,6-8,10-13,37H2,1-2H3/t14-,15-,16+,31-/m0/s1. The Kier molecular flexibility index (Phi) is 7.39. The van der Waals surface area contributed by atoms with E-state index >= 15 is 4.39 Å². The number of ether oxygens (including phenoxy) is 2. The van der Waals surface area contributed by atoms with Crippen molar-refractivity contribution in [2.75, 3.05) is 43.5 Å². The van der Waals surface area contributed by atoms with Gasteiger partial charge in [0, 0.05) is 30.5 Å². The summed E-state index contributed by atoms with van der Waals surface area (Å²) < 4.78 is 58.8. The molecule has 0 saturated carbocycles. The van der Waals surface area contributed by atoms with Gasteiger partial charge in [-0.25, -0.2) is 13.2 Å². The average molecular weight is 659 g/mol. The SMILES string of the molecule is C[C@H](O)CN1c2nc(OC[C@@]34CCCN3C[C@H](F)C4)nc3c(F)c(-c4ccc(F)c5sc(N)c(C#N)c45)c(Cl)c(c23)OC[C@@H]1C. The van der Waals surface area contributed by atoms with Crippen molar-refractivity contribution < 1.29 is 27.8 Å². The van der Waals surface area contributed by atoms with Crippen LogP contribution in [0.5, 0.6) is 11.8 Å². The number of β-amino-alcohol motifs (C(OH)–C–C–N with tert-alkyl or cyclic N) is 1. The van der Waals surface area contributed by atoms with E-state index in [1.54, 1.807) is 11.8 Å². The zero-order chi connectivity index (χ0) is 31.8. The van der Waals surface area contributed by atoms with Crippen molar-refractivity contribution in [1.29, 1.82) is 5.26 Å². The number of alkyl halides is 1. The van der Waals surface area contributed by atoms with Gasteiger partial charge in [-0.05, 0) is 44.9 Å². The summed E-state index contributed by atoms with van der Waals surface area (Å²) in [6.07, 6.45) is 0.278. The zero-order valence-electron chi connectivity index (χ0n) is 24.5. The van der Waals surface area contributed by atoms with E-state index in [4.69, 9.17) is 31.8 Å². The van der Waals surface area contributed by atoms with Crippen LogP contribution in [0.1, 0.15) is 38.7 Å². The molecule has 3 aliphatic heterocycles. The van der Waals surface area contributed by atoms with Crippen molar-refractivity contribution >= 4 is 54.7 Å². The fraction of sp³-hybridized carbons (Fsp3) is 0.452. The largest absolute Gasteiger partial charge is 0.489 e. The van der Waals surface area contributed by atoms with Crippen molar-refractivity contribution in [2.45, 2.75) is 57.0 Å². The number of anilines is 2. The van der Waals surface area contributed by atoms with Crippen LogP contribution in [0.2, 0.25) is 5.02 Å². The first-order valence-corrected chi connectivity index (χ1v) is 16.0. The molecule has 4 aromatic rings. The van der Waals surface area contributed by atoms with Gasteiger partial charge in [-0.2, -0.15) is 15.2 Å². The quantitative estimate of drug-likeness (QED) is 0.264. The smallest absolute Gasteiger partial charge is 0.319 e. The molecule has 5 heterocycles. The van der Waals surface area contributed by atoms with Gasteiger partial charge >= 0.3 is 6.01 Å². The Morgan fingerprint density at radius 1 is 1.33 bits per heavy atom. The number of nitrogen functional groups attached to an aromatic ring is 1. The number of hydrogen-bond donors (Lipinski definition) is 2. The number of fused-ring (bicyclic) bond motifs is 2. The Morgan fingerprint density at radius 3 is 2.89 bits per heavy atom. The summed E-state index contributed by atoms with van der Waals surface area (Å²) in [6.45, 7) is 5.00. The van der Waals surface area contributed by atoms with Gasteiger partial charge in [0.15, 0.2) is 11.6 Å². The van der Waals surface area contributed by atoms with Crippen LogP contribution < -0.4 is 20.1 Å². The number of nitrogens with two attached hydrogens (primary N) is 1. The van der Waals surface area contributed by atoms with Gasteiger partial charge in [0.1, 0.15) is 47.6 Å². The number of nitriles is 1. The van der Waals surface area contributed by atoms with Crippen molar-refractivity contribution in [3.63, 3.8) is 0 Å². The van der Waals surface area contributed by atoms with Gasteiger partial charge < -0.3 is 25.2 Å². The molecular weight excluding hydrogens is 629 g/mol. The molecule has 14 heteroatoms. The highest BCUT2D eigenvalue weighted by Gasteiger charge is 2.49. The van der Waals surface area contributed by atoms with Gasteiger partial charge in [0.05, 0.1) is 38.4 Å². The van der Waals surface area contributed by atoms with E-state index in [1.165, 1.54) is 12.1 Å². The predicted molar refractivity (Wildman–Crippen MR) is 167 cm³/mol. The second kappa shape index (κ2) is 11.0. The number of aromatic nitrogens is 2. The maximum atomic E-state index is 17.0. The van der Waals surface area contributed by atoms with Crippen LogP contribution in [0, 0.1) is 23.0 Å². The highest BCUT2D eigenvalue weighted by Crippen LogP contribution is 2.51. The first kappa shape index (κ1) is 30.1. The van der Waals surface area contributed by atoms with E-state index in [0.29, 0.717) is 13.0 Å². The maximum Gasteiger partial charge on any atom is 0.319 e. The molecule has 9 nitrogen and oxygen atoms in total. The fourth-order valence-corrected chi connectivity index (χ4v) is 8.37. The first-order chi connectivity index (χ1) is 21.5. The molecule has 0 aliphatic carbocycles. The number of rotatable bonds is 6. The zero-order valence-corrected chi connectivity index (χ0v) is 26.1. The number of benzene rings is 2. The molecule has 0 unspecified atom stereocenters. The van der Waals surface area contributed by atoms with Crippen LogP contribution in [-0.2, 0) is 0 Å². The third kappa shape index (κ3) is 4.72. The van der Waals surface area contributed by atoms with E-state index in [-0.39, 0.29) is 91.1 Å². The predicted octanol–water partition coefficient (Wildman–Crippen LogP) is 5.82. The summed E-state index contributed by atoms with van der Waals surface area (Å²) in [5, 5.41) is 20.6. The lowest BCUT2D eigenvalue weighted by molar-refractivity contribution is 0.107. The molecule has 7 rings (SSSR count). The summed E-state index contributed by atoms with van der Waals surface area (Å²) in [7, 11) is 0. The average Bonchev–Trinajstić information content (AvgIpc) is 3.61. The Hall–Kier alpha value is -3.57. The number of thiophene rings is 1. The van der Waals surface area contributed by atoms with E-state index in [9.17, 15) is 19.1 Å². The van der Waals surface area contributed by atoms with Crippen molar-refractivity contribution in [2.24, 2.45) is 0 Å². The molecule has 2 saturated heterocycles. The maximum absolute atomic E-state index is 17.0. The lowest BCUT2D eigenvalue weighted by Gasteiger charge is -2.31. The van der Waals surface area contributed by atoms with Crippen LogP contribution in [0.25, 0.3) is 32.1 Å². The molecule has 4 atom stereocenters. The van der Waals surface area contributed by atoms with E-state index in [1.807, 2.05) is 13.0 Å². The van der Waals surface area contributed by atoms with Crippen LogP contribution in [0.4, 0.5) is 24.0 Å². The number of hydrogen-bond acceptors (Lipinski definition) is 10. The van der Waals surface area contributed by atoms with E-state index in [2.05, 4.69) is 9.88 Å². The summed E-state index contributed by atoms with van der Waals surface area (Å²) in [5.74, 6) is -1.08. The topological polar surface area (TPSA) is 121 Å². The number of aliphatic hydroxyl groups is 1. The third-order valence-electron chi connectivity index (χ3n) is 9.11. The Morgan fingerprint density at radius 2 is 2.13 bits per heavy atom. The summed E-state index contributed by atoms with van der Waals surface area (Å²) in [5.41, 5.74) is 5.43. The van der Waals surface area contributed by atoms with Gasteiger partial charge in [0.25, 0.3) is 0 Å². The molecule has 236 valence electrons. The molecule has 0 amide bonds. The van der Waals surface area contributed by atoms with Gasteiger partial charge in [-0.15, -0.1) is 11.3 Å². The van der Waals surface area contributed by atoms with Crippen molar-refractivity contribution in [1.82, 2.24) is 14.9 Å². The first-order valence-electron chi connectivity index (χ1n) is 14.8. The van der Waals surface area contributed by atoms with Gasteiger partial charge in [-0.1, -0.05) is 17.7 Å². The number of aliphatic hydroxyl groups excluding tert-OH is 1. The molecule has 2 fully saturated rings.